The summed E-state index contributed by atoms with van der Waals surface area (Å²) in [4.78, 5) is 28.5. The number of aromatic hydroxyl groups is 1. The summed E-state index contributed by atoms with van der Waals surface area (Å²) in [5.74, 6) is -0.804. The van der Waals surface area contributed by atoms with E-state index >= 15 is 0 Å². The van der Waals surface area contributed by atoms with Crippen LogP contribution in [0.15, 0.2) is 42.7 Å². The van der Waals surface area contributed by atoms with E-state index in [4.69, 9.17) is 0 Å². The Morgan fingerprint density at radius 2 is 2.17 bits per heavy atom. The second-order valence-corrected chi connectivity index (χ2v) is 5.01. The summed E-state index contributed by atoms with van der Waals surface area (Å²) in [5, 5.41) is 20.4. The van der Waals surface area contributed by atoms with Crippen molar-refractivity contribution in [1.82, 2.24) is 9.88 Å². The van der Waals surface area contributed by atoms with Gasteiger partial charge in [-0.2, -0.15) is 0 Å². The molecular formula is C16H17N3O4. The van der Waals surface area contributed by atoms with Gasteiger partial charge in [-0.05, 0) is 37.6 Å². The highest BCUT2D eigenvalue weighted by Crippen LogP contribution is 2.28. The molecule has 0 aliphatic heterocycles. The number of phenols is 1. The molecule has 1 aromatic carbocycles. The van der Waals surface area contributed by atoms with Crippen molar-refractivity contribution in [3.05, 3.63) is 64.0 Å². The normalized spacial score (nSPS) is 11.7. The fraction of sp³-hybridized carbons (Fsp3) is 0.250. The van der Waals surface area contributed by atoms with Crippen molar-refractivity contribution in [2.24, 2.45) is 0 Å². The smallest absolute Gasteiger partial charge is 0.311 e. The molecule has 0 aliphatic carbocycles. The zero-order valence-corrected chi connectivity index (χ0v) is 12.8. The number of nitro benzene ring substituents is 1. The van der Waals surface area contributed by atoms with Crippen LogP contribution in [0.25, 0.3) is 0 Å². The van der Waals surface area contributed by atoms with Crippen molar-refractivity contribution in [1.29, 1.82) is 0 Å². The first kappa shape index (κ1) is 16.4. The van der Waals surface area contributed by atoms with Gasteiger partial charge in [0, 0.05) is 30.6 Å². The van der Waals surface area contributed by atoms with Crippen molar-refractivity contribution in [3.8, 4) is 5.75 Å². The average Bonchev–Trinajstić information content (AvgIpc) is 2.56. The molecule has 1 N–H and O–H groups in total. The molecule has 2 aromatic rings. The Morgan fingerprint density at radius 3 is 2.74 bits per heavy atom. The molecule has 1 aromatic heterocycles. The Hall–Kier alpha value is -2.96. The highest BCUT2D eigenvalue weighted by molar-refractivity contribution is 5.95. The van der Waals surface area contributed by atoms with Crippen molar-refractivity contribution < 1.29 is 14.8 Å². The molecule has 0 fully saturated rings. The molecule has 0 spiro atoms. The van der Waals surface area contributed by atoms with Crippen molar-refractivity contribution in [2.45, 2.75) is 19.9 Å². The number of aromatic nitrogens is 1. The summed E-state index contributed by atoms with van der Waals surface area (Å²) in [6, 6.07) is 7.06. The number of hydrogen-bond donors (Lipinski definition) is 1. The molecule has 0 saturated carbocycles. The third-order valence-corrected chi connectivity index (χ3v) is 3.65. The minimum atomic E-state index is -0.715. The van der Waals surface area contributed by atoms with E-state index in [9.17, 15) is 20.0 Å². The zero-order valence-electron chi connectivity index (χ0n) is 12.8. The van der Waals surface area contributed by atoms with Crippen LogP contribution in [-0.4, -0.2) is 32.4 Å². The van der Waals surface area contributed by atoms with Gasteiger partial charge in [-0.1, -0.05) is 6.07 Å². The van der Waals surface area contributed by atoms with E-state index in [-0.39, 0.29) is 17.5 Å². The van der Waals surface area contributed by atoms with Gasteiger partial charge >= 0.3 is 5.69 Å². The Bertz CT molecular complexity index is 719. The van der Waals surface area contributed by atoms with E-state index in [2.05, 4.69) is 4.98 Å². The van der Waals surface area contributed by atoms with Crippen molar-refractivity contribution in [3.63, 3.8) is 0 Å². The van der Waals surface area contributed by atoms with Gasteiger partial charge in [0.15, 0.2) is 5.75 Å². The lowest BCUT2D eigenvalue weighted by atomic mass is 10.1. The van der Waals surface area contributed by atoms with E-state index in [0.717, 1.165) is 17.7 Å². The maximum Gasteiger partial charge on any atom is 0.311 e. The van der Waals surface area contributed by atoms with Gasteiger partial charge < -0.3 is 10.0 Å². The number of hydrogen-bond acceptors (Lipinski definition) is 5. The molecule has 120 valence electrons. The molecule has 23 heavy (non-hydrogen) atoms. The van der Waals surface area contributed by atoms with Crippen LogP contribution in [0, 0.1) is 10.1 Å². The van der Waals surface area contributed by atoms with Crippen LogP contribution in [0.3, 0.4) is 0 Å². The van der Waals surface area contributed by atoms with Gasteiger partial charge in [-0.3, -0.25) is 19.9 Å². The number of amides is 1. The molecule has 0 aliphatic rings. The zero-order chi connectivity index (χ0) is 17.0. The first-order valence-electron chi connectivity index (χ1n) is 7.14. The summed E-state index contributed by atoms with van der Waals surface area (Å²) in [6.07, 6.45) is 3.33. The number of rotatable bonds is 5. The van der Waals surface area contributed by atoms with E-state index in [1.165, 1.54) is 6.07 Å². The minimum Gasteiger partial charge on any atom is -0.502 e. The van der Waals surface area contributed by atoms with Crippen LogP contribution in [-0.2, 0) is 0 Å². The van der Waals surface area contributed by atoms with Crippen LogP contribution in [0.5, 0.6) is 5.75 Å². The first-order valence-corrected chi connectivity index (χ1v) is 7.14. The quantitative estimate of drug-likeness (QED) is 0.676. The van der Waals surface area contributed by atoms with E-state index in [1.54, 1.807) is 23.4 Å². The van der Waals surface area contributed by atoms with Crippen molar-refractivity contribution in [2.75, 3.05) is 6.54 Å². The third kappa shape index (κ3) is 3.45. The van der Waals surface area contributed by atoms with Gasteiger partial charge in [-0.25, -0.2) is 0 Å². The number of nitro groups is 1. The Labute approximate surface area is 133 Å². The average molecular weight is 315 g/mol. The van der Waals surface area contributed by atoms with Crippen molar-refractivity contribution >= 4 is 11.6 Å². The molecule has 0 saturated heterocycles. The van der Waals surface area contributed by atoms with Crippen LogP contribution >= 0.6 is 0 Å². The van der Waals surface area contributed by atoms with E-state index in [1.807, 2.05) is 19.9 Å². The monoisotopic (exact) mass is 315 g/mol. The summed E-state index contributed by atoms with van der Waals surface area (Å²) >= 11 is 0. The predicted octanol–water partition coefficient (Wildman–Crippen LogP) is 2.92. The maximum absolute atomic E-state index is 12.7. The largest absolute Gasteiger partial charge is 0.502 e. The standard InChI is InChI=1S/C16H17N3O4/c1-3-18(11(2)13-5-4-8-17-10-13)16(21)12-6-7-15(20)14(9-12)19(22)23/h4-11,20H,3H2,1-2H3. The van der Waals surface area contributed by atoms with Crippen LogP contribution < -0.4 is 0 Å². The van der Waals surface area contributed by atoms with Gasteiger partial charge in [0.2, 0.25) is 0 Å². The lowest BCUT2D eigenvalue weighted by Gasteiger charge is -2.28. The highest BCUT2D eigenvalue weighted by Gasteiger charge is 2.24. The molecule has 0 radical (unpaired) electrons. The van der Waals surface area contributed by atoms with Gasteiger partial charge in [-0.15, -0.1) is 0 Å². The Balaban J connectivity index is 2.33. The summed E-state index contributed by atoms with van der Waals surface area (Å²) in [5.41, 5.74) is 0.545. The third-order valence-electron chi connectivity index (χ3n) is 3.65. The van der Waals surface area contributed by atoms with Gasteiger partial charge in [0.1, 0.15) is 0 Å². The second-order valence-electron chi connectivity index (χ2n) is 5.01. The van der Waals surface area contributed by atoms with E-state index in [0.29, 0.717) is 6.54 Å². The van der Waals surface area contributed by atoms with Crippen LogP contribution in [0.1, 0.15) is 35.8 Å². The summed E-state index contributed by atoms with van der Waals surface area (Å²) in [6.45, 7) is 4.14. The first-order chi connectivity index (χ1) is 11.0. The lowest BCUT2D eigenvalue weighted by molar-refractivity contribution is -0.385. The summed E-state index contributed by atoms with van der Waals surface area (Å²) < 4.78 is 0. The minimum absolute atomic E-state index is 0.159. The number of phenolic OH excluding ortho intramolecular Hbond substituents is 1. The van der Waals surface area contributed by atoms with Crippen LogP contribution in [0.4, 0.5) is 5.69 Å². The molecule has 1 unspecified atom stereocenters. The molecule has 1 heterocycles. The molecule has 0 bridgehead atoms. The lowest BCUT2D eigenvalue weighted by Crippen LogP contribution is -2.33. The molecule has 1 atom stereocenters. The number of pyridine rings is 1. The van der Waals surface area contributed by atoms with E-state index < -0.39 is 16.4 Å². The Kier molecular flexibility index (Phi) is 4.90. The molecular weight excluding hydrogens is 298 g/mol. The molecule has 7 nitrogen and oxygen atoms in total. The number of nitrogens with zero attached hydrogens (tertiary/aromatic N) is 3. The molecule has 1 amide bonds. The molecule has 2 rings (SSSR count). The number of benzene rings is 1. The fourth-order valence-corrected chi connectivity index (χ4v) is 2.36. The van der Waals surface area contributed by atoms with Gasteiger partial charge in [0.05, 0.1) is 11.0 Å². The number of carbonyl (C=O) groups excluding carboxylic acids is 1. The topological polar surface area (TPSA) is 96.6 Å². The predicted molar refractivity (Wildman–Crippen MR) is 84.1 cm³/mol. The van der Waals surface area contributed by atoms with Crippen LogP contribution in [0.2, 0.25) is 0 Å². The van der Waals surface area contributed by atoms with Gasteiger partial charge in [0.25, 0.3) is 5.91 Å². The highest BCUT2D eigenvalue weighted by atomic mass is 16.6. The SMILES string of the molecule is CCN(C(=O)c1ccc(O)c([N+](=O)[O-])c1)C(C)c1cccnc1. The molecule has 7 heteroatoms. The summed E-state index contributed by atoms with van der Waals surface area (Å²) in [7, 11) is 0. The number of carbonyl (C=O) groups is 1. The Morgan fingerprint density at radius 1 is 1.43 bits per heavy atom. The maximum atomic E-state index is 12.7. The fourth-order valence-electron chi connectivity index (χ4n) is 2.36. The second kappa shape index (κ2) is 6.87.